The monoisotopic (exact) mass is 462 g/mol. The van der Waals surface area contributed by atoms with Crippen molar-refractivity contribution >= 4 is 21.8 Å². The van der Waals surface area contributed by atoms with E-state index in [4.69, 9.17) is 9.47 Å². The topological polar surface area (TPSA) is 111 Å². The maximum Gasteiger partial charge on any atom is 0.338 e. The van der Waals surface area contributed by atoms with Crippen LogP contribution in [0.5, 0.6) is 5.75 Å². The van der Waals surface area contributed by atoms with Gasteiger partial charge in [0, 0.05) is 11.3 Å². The van der Waals surface area contributed by atoms with Crippen LogP contribution in [-0.4, -0.2) is 39.9 Å². The molecule has 0 bridgehead atoms. The fraction of sp³-hybridized carbons (Fsp3) is 0.273. The van der Waals surface area contributed by atoms with Gasteiger partial charge < -0.3 is 20.1 Å². The van der Waals surface area contributed by atoms with E-state index >= 15 is 0 Å². The number of amides is 2. The first-order valence-corrected chi connectivity index (χ1v) is 11.4. The summed E-state index contributed by atoms with van der Waals surface area (Å²) in [5.74, 6) is -1.61. The van der Waals surface area contributed by atoms with Crippen molar-refractivity contribution < 1.29 is 31.9 Å². The smallest absolute Gasteiger partial charge is 0.338 e. The Hall–Kier alpha value is -3.40. The SMILES string of the molecule is CCOC(=O)C1=C(CS(=O)(=O)c2ccc(F)c(C)c2)NC(=O)N[C@H]1c1ccccc1OC. The molecule has 170 valence electrons. The number of nitrogens with one attached hydrogen (secondary N) is 2. The van der Waals surface area contributed by atoms with Gasteiger partial charge in [0.25, 0.3) is 0 Å². The predicted molar refractivity (Wildman–Crippen MR) is 114 cm³/mol. The second-order valence-corrected chi connectivity index (χ2v) is 9.05. The minimum absolute atomic E-state index is 0.0477. The van der Waals surface area contributed by atoms with E-state index in [1.165, 1.54) is 20.1 Å². The zero-order valence-corrected chi connectivity index (χ0v) is 18.6. The number of hydrogen-bond donors (Lipinski definition) is 2. The summed E-state index contributed by atoms with van der Waals surface area (Å²) in [5, 5.41) is 5.07. The van der Waals surface area contributed by atoms with E-state index < -0.39 is 39.4 Å². The maximum absolute atomic E-state index is 13.6. The number of ether oxygens (including phenoxy) is 2. The van der Waals surface area contributed by atoms with Crippen molar-refractivity contribution in [2.75, 3.05) is 19.5 Å². The van der Waals surface area contributed by atoms with Crippen molar-refractivity contribution in [2.24, 2.45) is 0 Å². The van der Waals surface area contributed by atoms with Gasteiger partial charge in [-0.3, -0.25) is 0 Å². The zero-order chi connectivity index (χ0) is 23.5. The molecule has 0 saturated heterocycles. The van der Waals surface area contributed by atoms with Gasteiger partial charge in [-0.05, 0) is 43.7 Å². The highest BCUT2D eigenvalue weighted by Crippen LogP contribution is 2.34. The maximum atomic E-state index is 13.6. The summed E-state index contributed by atoms with van der Waals surface area (Å²) >= 11 is 0. The lowest BCUT2D eigenvalue weighted by Crippen LogP contribution is -2.47. The lowest BCUT2D eigenvalue weighted by atomic mass is 9.95. The zero-order valence-electron chi connectivity index (χ0n) is 17.8. The Bertz CT molecular complexity index is 1190. The molecular weight excluding hydrogens is 439 g/mol. The lowest BCUT2D eigenvalue weighted by molar-refractivity contribution is -0.139. The molecule has 3 rings (SSSR count). The molecule has 0 aliphatic carbocycles. The van der Waals surface area contributed by atoms with Crippen LogP contribution in [0.3, 0.4) is 0 Å². The Kier molecular flexibility index (Phi) is 6.83. The number of benzene rings is 2. The van der Waals surface area contributed by atoms with E-state index in [9.17, 15) is 22.4 Å². The van der Waals surface area contributed by atoms with Gasteiger partial charge in [0.1, 0.15) is 11.6 Å². The number of hydrogen-bond acceptors (Lipinski definition) is 6. The fourth-order valence-electron chi connectivity index (χ4n) is 3.40. The van der Waals surface area contributed by atoms with Crippen molar-refractivity contribution in [1.82, 2.24) is 10.6 Å². The van der Waals surface area contributed by atoms with Gasteiger partial charge in [-0.2, -0.15) is 0 Å². The van der Waals surface area contributed by atoms with E-state index in [0.717, 1.165) is 12.1 Å². The number of carbonyl (C=O) groups is 2. The van der Waals surface area contributed by atoms with E-state index in [2.05, 4.69) is 10.6 Å². The van der Waals surface area contributed by atoms with E-state index in [1.54, 1.807) is 31.2 Å². The van der Waals surface area contributed by atoms with Crippen LogP contribution in [0.1, 0.15) is 24.1 Å². The largest absolute Gasteiger partial charge is 0.496 e. The third-order valence-electron chi connectivity index (χ3n) is 4.92. The average molecular weight is 462 g/mol. The van der Waals surface area contributed by atoms with Crippen LogP contribution in [-0.2, 0) is 19.4 Å². The lowest BCUT2D eigenvalue weighted by Gasteiger charge is -2.30. The van der Waals surface area contributed by atoms with E-state index in [1.807, 2.05) is 0 Å². The van der Waals surface area contributed by atoms with Crippen molar-refractivity contribution in [3.05, 3.63) is 70.7 Å². The van der Waals surface area contributed by atoms with Crippen molar-refractivity contribution in [3.8, 4) is 5.75 Å². The minimum Gasteiger partial charge on any atom is -0.496 e. The summed E-state index contributed by atoms with van der Waals surface area (Å²) in [6.07, 6.45) is 0. The van der Waals surface area contributed by atoms with Gasteiger partial charge in [-0.1, -0.05) is 18.2 Å². The second-order valence-electron chi connectivity index (χ2n) is 7.06. The average Bonchev–Trinajstić information content (AvgIpc) is 2.74. The first-order valence-electron chi connectivity index (χ1n) is 9.77. The van der Waals surface area contributed by atoms with E-state index in [-0.39, 0.29) is 28.3 Å². The summed E-state index contributed by atoms with van der Waals surface area (Å²) < 4.78 is 50.2. The quantitative estimate of drug-likeness (QED) is 0.484. The second kappa shape index (κ2) is 9.39. The Labute approximate surface area is 185 Å². The molecule has 0 unspecified atom stereocenters. The standard InChI is InChI=1S/C22H23FN2O6S/c1-4-31-21(26)19-17(12-32(28,29)14-9-10-16(23)13(2)11-14)24-22(27)25-20(19)15-7-5-6-8-18(15)30-3/h5-11,20H,4,12H2,1-3H3,(H2,24,25,27)/t20-/m0/s1. The highest BCUT2D eigenvalue weighted by Gasteiger charge is 2.37. The highest BCUT2D eigenvalue weighted by atomic mass is 32.2. The molecule has 1 atom stereocenters. The van der Waals surface area contributed by atoms with Crippen LogP contribution in [0.4, 0.5) is 9.18 Å². The molecule has 0 fully saturated rings. The molecule has 2 N–H and O–H groups in total. The Balaban J connectivity index is 2.14. The number of methoxy groups -OCH3 is 1. The Morgan fingerprint density at radius 2 is 1.91 bits per heavy atom. The third-order valence-corrected chi connectivity index (χ3v) is 6.56. The van der Waals surface area contributed by atoms with Crippen molar-refractivity contribution in [3.63, 3.8) is 0 Å². The molecule has 0 spiro atoms. The summed E-state index contributed by atoms with van der Waals surface area (Å²) in [6, 6.07) is 8.45. The number of sulfone groups is 1. The summed E-state index contributed by atoms with van der Waals surface area (Å²) in [7, 11) is -2.59. The van der Waals surface area contributed by atoms with Crippen LogP contribution < -0.4 is 15.4 Å². The van der Waals surface area contributed by atoms with Crippen molar-refractivity contribution in [2.45, 2.75) is 24.8 Å². The number of halogens is 1. The van der Waals surface area contributed by atoms with Crippen LogP contribution in [0.15, 0.2) is 58.6 Å². The minimum atomic E-state index is -4.03. The van der Waals surface area contributed by atoms with Crippen molar-refractivity contribution in [1.29, 1.82) is 0 Å². The summed E-state index contributed by atoms with van der Waals surface area (Å²) in [5.41, 5.74) is 0.441. The third kappa shape index (κ3) is 4.75. The Morgan fingerprint density at radius 1 is 1.19 bits per heavy atom. The van der Waals surface area contributed by atoms with Crippen LogP contribution in [0.25, 0.3) is 0 Å². The summed E-state index contributed by atoms with van der Waals surface area (Å²) in [4.78, 5) is 25.1. The van der Waals surface area contributed by atoms with Gasteiger partial charge in [0.15, 0.2) is 9.84 Å². The molecule has 1 aliphatic heterocycles. The number of carbonyl (C=O) groups excluding carboxylic acids is 2. The Morgan fingerprint density at radius 3 is 2.56 bits per heavy atom. The normalized spacial score (nSPS) is 16.2. The molecule has 2 aromatic rings. The molecule has 10 heteroatoms. The molecular formula is C22H23FN2O6S. The number of aryl methyl sites for hydroxylation is 1. The molecule has 2 amide bonds. The van der Waals surface area contributed by atoms with Gasteiger partial charge in [0.05, 0.1) is 36.0 Å². The van der Waals surface area contributed by atoms with Crippen LogP contribution in [0.2, 0.25) is 0 Å². The van der Waals surface area contributed by atoms with Gasteiger partial charge >= 0.3 is 12.0 Å². The fourth-order valence-corrected chi connectivity index (χ4v) is 4.81. The van der Waals surface area contributed by atoms with Gasteiger partial charge in [0.2, 0.25) is 0 Å². The van der Waals surface area contributed by atoms with E-state index in [0.29, 0.717) is 11.3 Å². The highest BCUT2D eigenvalue weighted by molar-refractivity contribution is 7.91. The molecule has 2 aromatic carbocycles. The molecule has 0 aromatic heterocycles. The number of para-hydroxylation sites is 1. The first-order chi connectivity index (χ1) is 15.2. The molecule has 1 heterocycles. The number of rotatable bonds is 7. The first kappa shape index (κ1) is 23.3. The molecule has 8 nitrogen and oxygen atoms in total. The van der Waals surface area contributed by atoms with Gasteiger partial charge in [-0.25, -0.2) is 22.4 Å². The molecule has 1 aliphatic rings. The number of urea groups is 1. The number of esters is 1. The van der Waals surface area contributed by atoms with Gasteiger partial charge in [-0.15, -0.1) is 0 Å². The predicted octanol–water partition coefficient (Wildman–Crippen LogP) is 2.79. The summed E-state index contributed by atoms with van der Waals surface area (Å²) in [6.45, 7) is 3.11. The van der Waals surface area contributed by atoms with Crippen LogP contribution >= 0.6 is 0 Å². The molecule has 32 heavy (non-hydrogen) atoms. The molecule has 0 radical (unpaired) electrons. The molecule has 0 saturated carbocycles. The van der Waals surface area contributed by atoms with Crippen LogP contribution in [0, 0.1) is 12.7 Å².